The summed E-state index contributed by atoms with van der Waals surface area (Å²) in [4.78, 5) is 25.9. The second kappa shape index (κ2) is 11.0. The van der Waals surface area contributed by atoms with Gasteiger partial charge in [0, 0.05) is 6.54 Å². The summed E-state index contributed by atoms with van der Waals surface area (Å²) in [6.07, 6.45) is -2.01. The van der Waals surface area contributed by atoms with Crippen molar-refractivity contribution < 1.29 is 27.9 Å². The molecule has 0 bridgehead atoms. The number of benzene rings is 2. The van der Waals surface area contributed by atoms with E-state index in [4.69, 9.17) is 5.11 Å². The predicted molar refractivity (Wildman–Crippen MR) is 117 cm³/mol. The third-order valence-electron chi connectivity index (χ3n) is 5.57. The molecule has 1 heterocycles. The Morgan fingerprint density at radius 2 is 1.84 bits per heavy atom. The zero-order valence-corrected chi connectivity index (χ0v) is 17.2. The number of hydrogen-bond acceptors (Lipinski definition) is 3. The summed E-state index contributed by atoms with van der Waals surface area (Å²) in [5.41, 5.74) is 0.772. The van der Waals surface area contributed by atoms with Crippen molar-refractivity contribution in [1.82, 2.24) is 10.2 Å². The van der Waals surface area contributed by atoms with E-state index in [1.165, 1.54) is 18.2 Å². The number of amides is 1. The van der Waals surface area contributed by atoms with E-state index in [0.717, 1.165) is 30.5 Å². The van der Waals surface area contributed by atoms with E-state index >= 15 is 0 Å². The number of carboxylic acid groups (broad SMARTS) is 1. The molecular weight excluding hydrogens is 416 g/mol. The van der Waals surface area contributed by atoms with Crippen molar-refractivity contribution >= 4 is 30.7 Å². The van der Waals surface area contributed by atoms with Crippen LogP contribution in [0.5, 0.6) is 0 Å². The molecule has 32 heavy (non-hydrogen) atoms. The molecule has 2 aromatic carbocycles. The molecule has 0 spiro atoms. The monoisotopic (exact) mass is 442 g/mol. The molecule has 1 unspecified atom stereocenters. The molecule has 3 rings (SSSR count). The van der Waals surface area contributed by atoms with Crippen molar-refractivity contribution in [2.75, 3.05) is 6.54 Å². The van der Waals surface area contributed by atoms with Crippen LogP contribution in [0.4, 0.5) is 13.2 Å². The van der Waals surface area contributed by atoms with Crippen LogP contribution in [0.2, 0.25) is 0 Å². The first-order chi connectivity index (χ1) is 14.6. The molecule has 1 amide bonds. The van der Waals surface area contributed by atoms with Crippen LogP contribution in [-0.2, 0) is 17.5 Å². The summed E-state index contributed by atoms with van der Waals surface area (Å²) in [6, 6.07) is 10.8. The fraction of sp³-hybridized carbons (Fsp3) is 0.391. The van der Waals surface area contributed by atoms with E-state index in [9.17, 15) is 22.8 Å². The Labute approximate surface area is 197 Å². The van der Waals surface area contributed by atoms with Gasteiger partial charge in [0.25, 0.3) is 0 Å². The number of carboxylic acids is 1. The third-order valence-corrected chi connectivity index (χ3v) is 5.57. The first-order valence-electron chi connectivity index (χ1n) is 10.2. The van der Waals surface area contributed by atoms with E-state index in [0.29, 0.717) is 18.5 Å². The minimum atomic E-state index is -4.40. The van der Waals surface area contributed by atoms with Gasteiger partial charge in [-0.1, -0.05) is 36.8 Å². The van der Waals surface area contributed by atoms with Crippen LogP contribution in [0, 0.1) is 0 Å². The van der Waals surface area contributed by atoms with Crippen LogP contribution < -0.4 is 5.32 Å². The van der Waals surface area contributed by atoms with Crippen LogP contribution in [0.25, 0.3) is 0 Å². The SMILES string of the molecule is C[C@H](NC(=O)C1CCCCN1Cc1cccc(C(F)(F)F)c1)c1ccc(C(=O)O)cc1.[LiH]. The molecule has 2 aromatic rings. The third kappa shape index (κ3) is 6.61. The first-order valence-corrected chi connectivity index (χ1v) is 10.2. The molecule has 1 fully saturated rings. The average Bonchev–Trinajstić information content (AvgIpc) is 2.73. The maximum atomic E-state index is 13.0. The molecule has 2 atom stereocenters. The van der Waals surface area contributed by atoms with Gasteiger partial charge in [-0.15, -0.1) is 0 Å². The Balaban J connectivity index is 0.00000363. The minimum absolute atomic E-state index is 0. The van der Waals surface area contributed by atoms with Gasteiger partial charge in [-0.25, -0.2) is 4.79 Å². The number of rotatable bonds is 6. The van der Waals surface area contributed by atoms with Crippen molar-refractivity contribution in [3.05, 3.63) is 70.8 Å². The van der Waals surface area contributed by atoms with Gasteiger partial charge in [-0.05, 0) is 55.6 Å². The Kier molecular flexibility index (Phi) is 8.96. The van der Waals surface area contributed by atoms with E-state index in [-0.39, 0.29) is 42.9 Å². The molecule has 0 aliphatic carbocycles. The van der Waals surface area contributed by atoms with Crippen LogP contribution >= 0.6 is 0 Å². The number of piperidine rings is 1. The molecule has 9 heteroatoms. The number of alkyl halides is 3. The van der Waals surface area contributed by atoms with Crippen LogP contribution in [0.1, 0.15) is 59.3 Å². The van der Waals surface area contributed by atoms with Crippen LogP contribution in [0.15, 0.2) is 48.5 Å². The molecule has 0 radical (unpaired) electrons. The van der Waals surface area contributed by atoms with Gasteiger partial charge >= 0.3 is 31.0 Å². The summed E-state index contributed by atoms with van der Waals surface area (Å²) in [5.74, 6) is -1.20. The second-order valence-corrected chi connectivity index (χ2v) is 7.84. The Morgan fingerprint density at radius 3 is 2.47 bits per heavy atom. The van der Waals surface area contributed by atoms with Crippen LogP contribution in [-0.4, -0.2) is 53.3 Å². The van der Waals surface area contributed by atoms with E-state index in [2.05, 4.69) is 5.32 Å². The van der Waals surface area contributed by atoms with Crippen molar-refractivity contribution in [3.63, 3.8) is 0 Å². The van der Waals surface area contributed by atoms with Gasteiger partial charge in [0.1, 0.15) is 0 Å². The second-order valence-electron chi connectivity index (χ2n) is 7.84. The van der Waals surface area contributed by atoms with Gasteiger partial charge < -0.3 is 10.4 Å². The fourth-order valence-electron chi connectivity index (χ4n) is 3.86. The quantitative estimate of drug-likeness (QED) is 0.664. The van der Waals surface area contributed by atoms with Crippen molar-refractivity contribution in [3.8, 4) is 0 Å². The number of nitrogens with one attached hydrogen (secondary N) is 1. The Morgan fingerprint density at radius 1 is 1.16 bits per heavy atom. The number of halogens is 3. The molecule has 0 aromatic heterocycles. The van der Waals surface area contributed by atoms with Gasteiger partial charge in [-0.2, -0.15) is 13.2 Å². The zero-order chi connectivity index (χ0) is 22.6. The number of aromatic carboxylic acids is 1. The van der Waals surface area contributed by atoms with Gasteiger partial charge in [0.05, 0.1) is 23.2 Å². The van der Waals surface area contributed by atoms with E-state index in [1.807, 2.05) is 11.8 Å². The molecule has 0 saturated carbocycles. The number of nitrogens with zero attached hydrogens (tertiary/aromatic N) is 1. The normalized spacial score (nSPS) is 17.8. The molecule has 1 saturated heterocycles. The summed E-state index contributed by atoms with van der Waals surface area (Å²) in [7, 11) is 0. The van der Waals surface area contributed by atoms with Crippen LogP contribution in [0.3, 0.4) is 0 Å². The van der Waals surface area contributed by atoms with Gasteiger partial charge in [-0.3, -0.25) is 9.69 Å². The summed E-state index contributed by atoms with van der Waals surface area (Å²) >= 11 is 0. The number of likely N-dealkylation sites (tertiary alicyclic amines) is 1. The number of carbonyl (C=O) groups excluding carboxylic acids is 1. The molecule has 5 nitrogen and oxygen atoms in total. The van der Waals surface area contributed by atoms with Gasteiger partial charge in [0.2, 0.25) is 5.91 Å². The predicted octanol–water partition coefficient (Wildman–Crippen LogP) is 3.99. The number of hydrogen-bond donors (Lipinski definition) is 2. The van der Waals surface area contributed by atoms with Crippen molar-refractivity contribution in [2.45, 2.75) is 51.0 Å². The Hall–Kier alpha value is -2.27. The number of carbonyl (C=O) groups is 2. The maximum absolute atomic E-state index is 13.0. The Bertz CT molecular complexity index is 935. The van der Waals surface area contributed by atoms with Crippen molar-refractivity contribution in [2.24, 2.45) is 0 Å². The molecule has 1 aliphatic heterocycles. The van der Waals surface area contributed by atoms with E-state index in [1.54, 1.807) is 18.2 Å². The van der Waals surface area contributed by atoms with Gasteiger partial charge in [0.15, 0.2) is 0 Å². The zero-order valence-electron chi connectivity index (χ0n) is 17.2. The molecule has 1 aliphatic rings. The van der Waals surface area contributed by atoms with Crippen molar-refractivity contribution in [1.29, 1.82) is 0 Å². The summed E-state index contributed by atoms with van der Waals surface area (Å²) in [6.45, 7) is 2.72. The average molecular weight is 442 g/mol. The summed E-state index contributed by atoms with van der Waals surface area (Å²) in [5, 5.41) is 12.0. The van der Waals surface area contributed by atoms with E-state index < -0.39 is 23.8 Å². The molecule has 168 valence electrons. The standard InChI is InChI=1S/C23H25F3N2O3.Li.H/c1-15(17-8-10-18(11-9-17)22(30)31)27-21(29)20-7-2-3-12-28(20)14-16-5-4-6-19(13-16)23(24,25)26;;/h4-6,8-11,13,15,20H,2-3,7,12,14H2,1H3,(H,27,29)(H,30,31);;/t15-,20?;;/m0../s1. The first kappa shape index (κ1) is 26.0. The fourth-order valence-corrected chi connectivity index (χ4v) is 3.86. The molecule has 2 N–H and O–H groups in total. The molecular formula is C23H26F3LiN2O3. The topological polar surface area (TPSA) is 69.6 Å². The summed E-state index contributed by atoms with van der Waals surface area (Å²) < 4.78 is 39.0.